The van der Waals surface area contributed by atoms with Crippen molar-refractivity contribution in [3.05, 3.63) is 45.2 Å². The van der Waals surface area contributed by atoms with Crippen LogP contribution in [0.5, 0.6) is 0 Å². The number of hydrogen-bond donors (Lipinski definition) is 1. The van der Waals surface area contributed by atoms with Crippen molar-refractivity contribution >= 4 is 53.0 Å². The lowest BCUT2D eigenvalue weighted by Gasteiger charge is -2.41. The quantitative estimate of drug-likeness (QED) is 0.758. The molecule has 29 heavy (non-hydrogen) atoms. The van der Waals surface area contributed by atoms with Gasteiger partial charge in [0, 0.05) is 62.2 Å². The fourth-order valence-corrected chi connectivity index (χ4v) is 4.76. The zero-order valence-electron chi connectivity index (χ0n) is 16.8. The van der Waals surface area contributed by atoms with Gasteiger partial charge in [0.25, 0.3) is 0 Å². The SMILES string of the molecule is COCCC1CN(C2=c3nccc(F)c3=CNc3sc(C)cc32)CCN1C.Cl.Cl. The van der Waals surface area contributed by atoms with Gasteiger partial charge in [0.2, 0.25) is 0 Å². The summed E-state index contributed by atoms with van der Waals surface area (Å²) in [5, 5.41) is 5.60. The predicted molar refractivity (Wildman–Crippen MR) is 122 cm³/mol. The molecule has 4 rings (SSSR count). The number of piperazine rings is 1. The minimum atomic E-state index is -0.248. The third kappa shape index (κ3) is 4.70. The molecule has 1 unspecified atom stereocenters. The highest BCUT2D eigenvalue weighted by Gasteiger charge is 2.29. The summed E-state index contributed by atoms with van der Waals surface area (Å²) in [5.74, 6) is -0.248. The van der Waals surface area contributed by atoms with Gasteiger partial charge in [-0.15, -0.1) is 36.2 Å². The molecule has 0 saturated carbocycles. The molecule has 0 spiro atoms. The Morgan fingerprint density at radius 3 is 2.90 bits per heavy atom. The van der Waals surface area contributed by atoms with Crippen molar-refractivity contribution in [1.82, 2.24) is 14.8 Å². The van der Waals surface area contributed by atoms with Crippen molar-refractivity contribution in [2.24, 2.45) is 0 Å². The molecular weight excluding hydrogens is 434 g/mol. The molecule has 0 aliphatic carbocycles. The molecule has 2 aromatic heterocycles. The van der Waals surface area contributed by atoms with E-state index < -0.39 is 0 Å². The van der Waals surface area contributed by atoms with Crippen LogP contribution in [0, 0.1) is 12.7 Å². The molecule has 0 amide bonds. The molecule has 2 aromatic rings. The summed E-state index contributed by atoms with van der Waals surface area (Å²) >= 11 is 1.69. The standard InChI is InChI=1S/C20H25FN4OS.2ClH/c1-13-10-15-19(25-8-7-24(2)14(12-25)5-9-26-3)18-16(11-23-20(15)27-13)17(21)4-6-22-18;;/h4,6,10-11,14,23H,5,7-9,12H2,1-3H3;2*1H. The van der Waals surface area contributed by atoms with Gasteiger partial charge < -0.3 is 15.0 Å². The zero-order chi connectivity index (χ0) is 19.0. The fraction of sp³-hybridized carbons (Fsp3) is 0.450. The Hall–Kier alpha value is -1.38. The highest BCUT2D eigenvalue weighted by molar-refractivity contribution is 7.16. The summed E-state index contributed by atoms with van der Waals surface area (Å²) in [6.45, 7) is 5.56. The van der Waals surface area contributed by atoms with Crippen LogP contribution in [-0.4, -0.2) is 61.2 Å². The van der Waals surface area contributed by atoms with E-state index in [0.717, 1.165) is 48.9 Å². The summed E-state index contributed by atoms with van der Waals surface area (Å²) in [7, 11) is 3.91. The fourth-order valence-electron chi connectivity index (χ4n) is 3.87. The van der Waals surface area contributed by atoms with Gasteiger partial charge >= 0.3 is 0 Å². The van der Waals surface area contributed by atoms with Crippen LogP contribution in [-0.2, 0) is 4.74 Å². The molecule has 160 valence electrons. The number of aryl methyl sites for hydroxylation is 1. The number of nitrogens with one attached hydrogen (secondary N) is 1. The second kappa shape index (κ2) is 10.1. The van der Waals surface area contributed by atoms with E-state index >= 15 is 0 Å². The molecule has 1 atom stereocenters. The Labute approximate surface area is 187 Å². The Bertz CT molecular complexity index is 968. The molecule has 1 saturated heterocycles. The highest BCUT2D eigenvalue weighted by Crippen LogP contribution is 2.34. The van der Waals surface area contributed by atoms with Crippen LogP contribution in [0.1, 0.15) is 16.9 Å². The molecule has 1 N–H and O–H groups in total. The highest BCUT2D eigenvalue weighted by atomic mass is 35.5. The van der Waals surface area contributed by atoms with Crippen LogP contribution in [0.3, 0.4) is 0 Å². The first-order valence-corrected chi connectivity index (χ1v) is 10.1. The van der Waals surface area contributed by atoms with Crippen LogP contribution in [0.25, 0.3) is 11.9 Å². The van der Waals surface area contributed by atoms with E-state index in [1.165, 1.54) is 10.9 Å². The predicted octanol–water partition coefficient (Wildman–Crippen LogP) is 2.41. The van der Waals surface area contributed by atoms with Crippen LogP contribution < -0.4 is 15.9 Å². The van der Waals surface area contributed by atoms with E-state index in [1.54, 1.807) is 30.8 Å². The molecular formula is C20H27Cl2FN4OS. The van der Waals surface area contributed by atoms with Crippen molar-refractivity contribution in [2.45, 2.75) is 19.4 Å². The smallest absolute Gasteiger partial charge is 0.135 e. The van der Waals surface area contributed by atoms with Gasteiger partial charge in [-0.2, -0.15) is 0 Å². The summed E-state index contributed by atoms with van der Waals surface area (Å²) < 4.78 is 19.8. The van der Waals surface area contributed by atoms with E-state index in [-0.39, 0.29) is 30.6 Å². The van der Waals surface area contributed by atoms with E-state index in [4.69, 9.17) is 4.74 Å². The third-order valence-electron chi connectivity index (χ3n) is 5.37. The summed E-state index contributed by atoms with van der Waals surface area (Å²) in [4.78, 5) is 10.6. The number of hydrogen-bond acceptors (Lipinski definition) is 6. The summed E-state index contributed by atoms with van der Waals surface area (Å²) in [6, 6.07) is 4.00. The van der Waals surface area contributed by atoms with Gasteiger partial charge in [0.1, 0.15) is 10.8 Å². The van der Waals surface area contributed by atoms with E-state index in [9.17, 15) is 4.39 Å². The van der Waals surface area contributed by atoms with E-state index in [0.29, 0.717) is 16.6 Å². The Balaban J connectivity index is 0.00000150. The number of nitrogens with zero attached hydrogens (tertiary/aromatic N) is 3. The van der Waals surface area contributed by atoms with Crippen LogP contribution in [0.4, 0.5) is 9.39 Å². The normalized spacial score (nSPS) is 18.4. The number of fused-ring (bicyclic) bond motifs is 2. The lowest BCUT2D eigenvalue weighted by Crippen LogP contribution is -2.52. The number of halogens is 3. The average molecular weight is 461 g/mol. The van der Waals surface area contributed by atoms with Crippen molar-refractivity contribution in [3.63, 3.8) is 0 Å². The molecule has 0 aromatic carbocycles. The Kier molecular flexibility index (Phi) is 8.31. The molecule has 2 aliphatic heterocycles. The first-order valence-electron chi connectivity index (χ1n) is 9.25. The second-order valence-corrected chi connectivity index (χ2v) is 8.41. The molecule has 1 fully saturated rings. The number of ether oxygens (including phenoxy) is 1. The maximum atomic E-state index is 14.5. The first kappa shape index (κ1) is 23.9. The summed E-state index contributed by atoms with van der Waals surface area (Å²) in [5.41, 5.74) is 2.14. The molecule has 0 bridgehead atoms. The number of methoxy groups -OCH3 is 1. The lowest BCUT2D eigenvalue weighted by atomic mass is 10.1. The summed E-state index contributed by atoms with van der Waals surface area (Å²) in [6.07, 6.45) is 4.28. The zero-order valence-corrected chi connectivity index (χ0v) is 19.2. The van der Waals surface area contributed by atoms with Crippen molar-refractivity contribution in [1.29, 1.82) is 0 Å². The van der Waals surface area contributed by atoms with Crippen molar-refractivity contribution in [3.8, 4) is 0 Å². The first-order chi connectivity index (χ1) is 13.1. The molecule has 4 heterocycles. The minimum absolute atomic E-state index is 0. The van der Waals surface area contributed by atoms with Gasteiger partial charge in [-0.05, 0) is 32.5 Å². The number of rotatable bonds is 4. The number of anilines is 1. The average Bonchev–Trinajstić information content (AvgIpc) is 2.94. The van der Waals surface area contributed by atoms with Crippen LogP contribution in [0.2, 0.25) is 0 Å². The third-order valence-corrected chi connectivity index (χ3v) is 6.35. The molecule has 5 nitrogen and oxygen atoms in total. The number of likely N-dealkylation sites (N-methyl/N-ethyl adjacent to an activating group) is 1. The number of aromatic nitrogens is 1. The van der Waals surface area contributed by atoms with E-state index in [1.807, 2.05) is 0 Å². The number of thiophene rings is 1. The molecule has 9 heteroatoms. The molecule has 2 aliphatic rings. The molecule has 0 radical (unpaired) electrons. The monoisotopic (exact) mass is 460 g/mol. The number of pyridine rings is 1. The largest absolute Gasteiger partial charge is 0.385 e. The second-order valence-electron chi connectivity index (χ2n) is 7.15. The maximum Gasteiger partial charge on any atom is 0.135 e. The van der Waals surface area contributed by atoms with Gasteiger partial charge in [0.15, 0.2) is 0 Å². The lowest BCUT2D eigenvalue weighted by molar-refractivity contribution is 0.0960. The van der Waals surface area contributed by atoms with Crippen molar-refractivity contribution < 1.29 is 9.13 Å². The van der Waals surface area contributed by atoms with E-state index in [2.05, 4.69) is 40.1 Å². The minimum Gasteiger partial charge on any atom is -0.385 e. The Morgan fingerprint density at radius 2 is 2.14 bits per heavy atom. The topological polar surface area (TPSA) is 40.6 Å². The van der Waals surface area contributed by atoms with Crippen molar-refractivity contribution in [2.75, 3.05) is 45.7 Å². The van der Waals surface area contributed by atoms with Crippen LogP contribution >= 0.6 is 36.2 Å². The Morgan fingerprint density at radius 1 is 1.34 bits per heavy atom. The maximum absolute atomic E-state index is 14.5. The van der Waals surface area contributed by atoms with Gasteiger partial charge in [-0.3, -0.25) is 9.88 Å². The van der Waals surface area contributed by atoms with Crippen LogP contribution in [0.15, 0.2) is 18.3 Å². The van der Waals surface area contributed by atoms with Gasteiger partial charge in [-0.1, -0.05) is 0 Å². The van der Waals surface area contributed by atoms with Gasteiger partial charge in [-0.25, -0.2) is 4.39 Å². The van der Waals surface area contributed by atoms with Gasteiger partial charge in [0.05, 0.1) is 16.3 Å².